The topological polar surface area (TPSA) is 97.4 Å². The number of hydrogen-bond acceptors (Lipinski definition) is 7. The largest absolute Gasteiger partial charge is 0.497 e. The van der Waals surface area contributed by atoms with Crippen molar-refractivity contribution in [1.82, 2.24) is 4.98 Å². The Balaban J connectivity index is 1.48. The number of ketones is 1. The standard InChI is InChI=1S/C22H21N3O4S2/c1-14(26)23-16-5-7-17(8-6-16)24-21(28)11-18-12-30-22(25-18)31-13-20(27)15-3-9-19(29-2)10-4-15/h3-10,12H,11,13H2,1-2H3,(H,23,26)(H,24,28). The highest BCUT2D eigenvalue weighted by Crippen LogP contribution is 2.24. The van der Waals surface area contributed by atoms with Crippen molar-refractivity contribution in [1.29, 1.82) is 0 Å². The zero-order valence-corrected chi connectivity index (χ0v) is 18.6. The van der Waals surface area contributed by atoms with Crippen molar-refractivity contribution in [3.63, 3.8) is 0 Å². The van der Waals surface area contributed by atoms with Crippen LogP contribution in [0.15, 0.2) is 58.3 Å². The first-order chi connectivity index (χ1) is 14.9. The van der Waals surface area contributed by atoms with Crippen molar-refractivity contribution < 1.29 is 19.1 Å². The van der Waals surface area contributed by atoms with Crippen LogP contribution in [0.2, 0.25) is 0 Å². The van der Waals surface area contributed by atoms with Gasteiger partial charge in [0.1, 0.15) is 5.75 Å². The Kier molecular flexibility index (Phi) is 7.80. The quantitative estimate of drug-likeness (QED) is 0.369. The molecule has 7 nitrogen and oxygen atoms in total. The summed E-state index contributed by atoms with van der Waals surface area (Å²) >= 11 is 2.76. The van der Waals surface area contributed by atoms with E-state index in [0.717, 1.165) is 4.34 Å². The zero-order chi connectivity index (χ0) is 22.2. The summed E-state index contributed by atoms with van der Waals surface area (Å²) in [7, 11) is 1.58. The SMILES string of the molecule is COc1ccc(C(=O)CSc2nc(CC(=O)Nc3ccc(NC(C)=O)cc3)cs2)cc1. The van der Waals surface area contributed by atoms with E-state index in [0.29, 0.717) is 28.4 Å². The molecule has 0 bridgehead atoms. The maximum atomic E-state index is 12.3. The minimum Gasteiger partial charge on any atom is -0.497 e. The summed E-state index contributed by atoms with van der Waals surface area (Å²) in [6.45, 7) is 1.44. The summed E-state index contributed by atoms with van der Waals surface area (Å²) in [6.07, 6.45) is 0.136. The van der Waals surface area contributed by atoms with Gasteiger partial charge < -0.3 is 15.4 Å². The maximum absolute atomic E-state index is 12.3. The van der Waals surface area contributed by atoms with Crippen molar-refractivity contribution in [2.45, 2.75) is 17.7 Å². The summed E-state index contributed by atoms with van der Waals surface area (Å²) in [4.78, 5) is 40.1. The summed E-state index contributed by atoms with van der Waals surface area (Å²) in [5.41, 5.74) is 2.57. The third-order valence-corrected chi connectivity index (χ3v) is 6.17. The molecular formula is C22H21N3O4S2. The molecule has 0 spiro atoms. The minimum absolute atomic E-state index is 0.00450. The molecule has 1 aromatic heterocycles. The molecular weight excluding hydrogens is 434 g/mol. The average molecular weight is 456 g/mol. The third kappa shape index (κ3) is 6.94. The second-order valence-electron chi connectivity index (χ2n) is 6.53. The summed E-state index contributed by atoms with van der Waals surface area (Å²) in [5.74, 6) is 0.635. The Morgan fingerprint density at radius 3 is 2.26 bits per heavy atom. The molecule has 0 unspecified atom stereocenters. The molecule has 9 heteroatoms. The number of ether oxygens (including phenoxy) is 1. The molecule has 0 fully saturated rings. The van der Waals surface area contributed by atoms with Gasteiger partial charge in [-0.25, -0.2) is 4.98 Å². The van der Waals surface area contributed by atoms with E-state index in [2.05, 4.69) is 15.6 Å². The Labute approximate surface area is 188 Å². The van der Waals surface area contributed by atoms with Crippen LogP contribution in [0.25, 0.3) is 0 Å². The van der Waals surface area contributed by atoms with Crippen LogP contribution in [0, 0.1) is 0 Å². The first kappa shape index (κ1) is 22.5. The van der Waals surface area contributed by atoms with Crippen LogP contribution in [0.5, 0.6) is 5.75 Å². The summed E-state index contributed by atoms with van der Waals surface area (Å²) in [6, 6.07) is 13.9. The lowest BCUT2D eigenvalue weighted by molar-refractivity contribution is -0.116. The van der Waals surface area contributed by atoms with Gasteiger partial charge in [0, 0.05) is 29.2 Å². The van der Waals surface area contributed by atoms with Gasteiger partial charge in [0.15, 0.2) is 10.1 Å². The molecule has 3 aromatic rings. The monoisotopic (exact) mass is 455 g/mol. The second-order valence-corrected chi connectivity index (χ2v) is 8.61. The van der Waals surface area contributed by atoms with Crippen LogP contribution >= 0.6 is 23.1 Å². The number of Topliss-reactive ketones (excluding diaryl/α,β-unsaturated/α-hetero) is 1. The Morgan fingerprint density at radius 1 is 1.00 bits per heavy atom. The van der Waals surface area contributed by atoms with Crippen LogP contribution in [-0.2, 0) is 16.0 Å². The Morgan fingerprint density at radius 2 is 1.65 bits per heavy atom. The average Bonchev–Trinajstić information content (AvgIpc) is 3.20. The lowest BCUT2D eigenvalue weighted by Gasteiger charge is -2.06. The van der Waals surface area contributed by atoms with Crippen LogP contribution in [0.4, 0.5) is 11.4 Å². The molecule has 0 aliphatic heterocycles. The van der Waals surface area contributed by atoms with E-state index in [1.807, 2.05) is 5.38 Å². The minimum atomic E-state index is -0.191. The number of carbonyl (C=O) groups is 3. The molecule has 160 valence electrons. The number of amides is 2. The van der Waals surface area contributed by atoms with E-state index in [-0.39, 0.29) is 29.8 Å². The fourth-order valence-electron chi connectivity index (χ4n) is 2.63. The first-order valence-corrected chi connectivity index (χ1v) is 11.2. The fourth-order valence-corrected chi connectivity index (χ4v) is 4.37. The second kappa shape index (κ2) is 10.7. The van der Waals surface area contributed by atoms with Crippen molar-refractivity contribution in [2.24, 2.45) is 0 Å². The van der Waals surface area contributed by atoms with Crippen molar-refractivity contribution in [2.75, 3.05) is 23.5 Å². The van der Waals surface area contributed by atoms with E-state index in [1.54, 1.807) is 55.6 Å². The zero-order valence-electron chi connectivity index (χ0n) is 17.0. The number of rotatable bonds is 9. The van der Waals surface area contributed by atoms with Gasteiger partial charge in [-0.05, 0) is 48.5 Å². The van der Waals surface area contributed by atoms with E-state index in [4.69, 9.17) is 4.74 Å². The van der Waals surface area contributed by atoms with Crippen molar-refractivity contribution >= 4 is 52.1 Å². The predicted molar refractivity (Wildman–Crippen MR) is 123 cm³/mol. The molecule has 3 rings (SSSR count). The van der Waals surface area contributed by atoms with Crippen LogP contribution in [0.3, 0.4) is 0 Å². The molecule has 31 heavy (non-hydrogen) atoms. The number of anilines is 2. The number of nitrogens with zero attached hydrogens (tertiary/aromatic N) is 1. The lowest BCUT2D eigenvalue weighted by Crippen LogP contribution is -2.14. The van der Waals surface area contributed by atoms with E-state index >= 15 is 0 Å². The third-order valence-electron chi connectivity index (χ3n) is 4.10. The first-order valence-electron chi connectivity index (χ1n) is 9.35. The molecule has 0 aliphatic rings. The molecule has 2 aromatic carbocycles. The highest BCUT2D eigenvalue weighted by Gasteiger charge is 2.12. The van der Waals surface area contributed by atoms with Gasteiger partial charge in [-0.2, -0.15) is 0 Å². The molecule has 0 aliphatic carbocycles. The molecule has 0 atom stereocenters. The Bertz CT molecular complexity index is 1060. The van der Waals surface area contributed by atoms with Crippen LogP contribution < -0.4 is 15.4 Å². The number of methoxy groups -OCH3 is 1. The molecule has 0 saturated heterocycles. The highest BCUT2D eigenvalue weighted by molar-refractivity contribution is 8.01. The number of hydrogen-bond donors (Lipinski definition) is 2. The molecule has 2 N–H and O–H groups in total. The van der Waals surface area contributed by atoms with Crippen molar-refractivity contribution in [3.05, 3.63) is 65.2 Å². The smallest absolute Gasteiger partial charge is 0.230 e. The number of nitrogens with one attached hydrogen (secondary N) is 2. The fraction of sp³-hybridized carbons (Fsp3) is 0.182. The summed E-state index contributed by atoms with van der Waals surface area (Å²) < 4.78 is 5.84. The summed E-state index contributed by atoms with van der Waals surface area (Å²) in [5, 5.41) is 7.29. The van der Waals surface area contributed by atoms with Gasteiger partial charge in [-0.15, -0.1) is 11.3 Å². The number of thiazole rings is 1. The molecule has 2 amide bonds. The normalized spacial score (nSPS) is 10.4. The van der Waals surface area contributed by atoms with E-state index < -0.39 is 0 Å². The van der Waals surface area contributed by atoms with Gasteiger partial charge >= 0.3 is 0 Å². The number of benzene rings is 2. The molecule has 0 saturated carbocycles. The van der Waals surface area contributed by atoms with E-state index in [1.165, 1.54) is 30.0 Å². The number of thioether (sulfide) groups is 1. The van der Waals surface area contributed by atoms with Gasteiger partial charge in [-0.3, -0.25) is 14.4 Å². The molecule has 0 radical (unpaired) electrons. The lowest BCUT2D eigenvalue weighted by atomic mass is 10.1. The maximum Gasteiger partial charge on any atom is 0.230 e. The van der Waals surface area contributed by atoms with Gasteiger partial charge in [0.05, 0.1) is 25.0 Å². The predicted octanol–water partition coefficient (Wildman–Crippen LogP) is 4.27. The number of carbonyl (C=O) groups excluding carboxylic acids is 3. The van der Waals surface area contributed by atoms with Gasteiger partial charge in [0.25, 0.3) is 0 Å². The van der Waals surface area contributed by atoms with Gasteiger partial charge in [-0.1, -0.05) is 11.8 Å². The van der Waals surface area contributed by atoms with Crippen molar-refractivity contribution in [3.8, 4) is 5.75 Å². The highest BCUT2D eigenvalue weighted by atomic mass is 32.2. The number of aromatic nitrogens is 1. The van der Waals surface area contributed by atoms with E-state index in [9.17, 15) is 14.4 Å². The van der Waals surface area contributed by atoms with Gasteiger partial charge in [0.2, 0.25) is 11.8 Å². The van der Waals surface area contributed by atoms with Crippen LogP contribution in [-0.4, -0.2) is 35.4 Å². The molecule has 1 heterocycles. The van der Waals surface area contributed by atoms with Crippen LogP contribution in [0.1, 0.15) is 23.0 Å². The Hall–Kier alpha value is -3.17.